The van der Waals surface area contributed by atoms with E-state index in [1.165, 1.54) is 6.42 Å². The molecule has 12 heavy (non-hydrogen) atoms. The molecule has 0 fully saturated rings. The van der Waals surface area contributed by atoms with Gasteiger partial charge in [0.2, 0.25) is 0 Å². The fourth-order valence-corrected chi connectivity index (χ4v) is 0.204. The first-order valence-corrected chi connectivity index (χ1v) is 4.50. The SMILES string of the molecule is C=CCCC.CC.C[C@H](N)C=O.[HH]. The Bertz CT molecular complexity index is 85.0. The number of rotatable bonds is 3. The molecule has 0 saturated carbocycles. The molecule has 2 nitrogen and oxygen atoms in total. The maximum absolute atomic E-state index is 9.38. The molecule has 0 amide bonds. The van der Waals surface area contributed by atoms with E-state index in [0.717, 1.165) is 6.42 Å². The van der Waals surface area contributed by atoms with Crippen molar-refractivity contribution < 1.29 is 6.22 Å². The van der Waals surface area contributed by atoms with Crippen LogP contribution in [-0.2, 0) is 4.79 Å². The van der Waals surface area contributed by atoms with Crippen LogP contribution in [0, 0.1) is 0 Å². The van der Waals surface area contributed by atoms with E-state index < -0.39 is 0 Å². The Labute approximate surface area is 78.3 Å². The topological polar surface area (TPSA) is 43.1 Å². The van der Waals surface area contributed by atoms with Gasteiger partial charge in [-0.15, -0.1) is 6.58 Å². The van der Waals surface area contributed by atoms with Crippen LogP contribution in [0.5, 0.6) is 0 Å². The van der Waals surface area contributed by atoms with E-state index in [4.69, 9.17) is 5.73 Å². The van der Waals surface area contributed by atoms with Gasteiger partial charge in [-0.2, -0.15) is 0 Å². The van der Waals surface area contributed by atoms with Gasteiger partial charge in [0.25, 0.3) is 0 Å². The van der Waals surface area contributed by atoms with E-state index in [0.29, 0.717) is 6.29 Å². The molecule has 0 aliphatic rings. The molecule has 76 valence electrons. The summed E-state index contributed by atoms with van der Waals surface area (Å²) in [5, 5.41) is 0. The molecule has 0 saturated heterocycles. The van der Waals surface area contributed by atoms with Gasteiger partial charge in [0.1, 0.15) is 6.29 Å². The van der Waals surface area contributed by atoms with Crippen molar-refractivity contribution in [2.45, 2.75) is 46.6 Å². The second kappa shape index (κ2) is 22.4. The third kappa shape index (κ3) is 57.8. The zero-order valence-electron chi connectivity index (χ0n) is 8.84. The van der Waals surface area contributed by atoms with Gasteiger partial charge in [-0.1, -0.05) is 33.3 Å². The Morgan fingerprint density at radius 1 is 1.58 bits per heavy atom. The summed E-state index contributed by atoms with van der Waals surface area (Å²) >= 11 is 0. The number of aldehydes is 1. The van der Waals surface area contributed by atoms with Gasteiger partial charge in [-0.3, -0.25) is 0 Å². The summed E-state index contributed by atoms with van der Waals surface area (Å²) in [5.41, 5.74) is 4.92. The van der Waals surface area contributed by atoms with E-state index in [1.54, 1.807) is 6.92 Å². The normalized spacial score (nSPS) is 9.42. The average Bonchev–Trinajstić information content (AvgIpc) is 2.10. The molecule has 0 aromatic rings. The molecule has 2 N–H and O–H groups in total. The average molecular weight is 175 g/mol. The Balaban J connectivity index is -0.0000000491. The van der Waals surface area contributed by atoms with Crippen molar-refractivity contribution in [1.82, 2.24) is 0 Å². The second-order valence-corrected chi connectivity index (χ2v) is 2.07. The first kappa shape index (κ1) is 17.5. The van der Waals surface area contributed by atoms with Gasteiger partial charge in [0.15, 0.2) is 0 Å². The molecule has 2 heteroatoms. The second-order valence-electron chi connectivity index (χ2n) is 2.07. The molecule has 0 heterocycles. The third-order valence-corrected chi connectivity index (χ3v) is 0.707. The standard InChI is InChI=1S/C5H10.C3H7NO.C2H6.H2/c1-3-5-4-2;1-3(4)2-5;1-2;/h3H,1,4-5H2,2H3;2-3H,4H2,1H3;1-2H3;1H/t;3-;;/m.0../s1. The maximum atomic E-state index is 9.38. The molecular formula is C10H25NO. The molecular weight excluding hydrogens is 150 g/mol. The summed E-state index contributed by atoms with van der Waals surface area (Å²) in [7, 11) is 0. The summed E-state index contributed by atoms with van der Waals surface area (Å²) in [6.07, 6.45) is 5.00. The number of unbranched alkanes of at least 4 members (excludes halogenated alkanes) is 1. The highest BCUT2D eigenvalue weighted by Gasteiger charge is 1.79. The predicted octanol–water partition coefficient (Wildman–Crippen LogP) is 2.78. The molecule has 1 atom stereocenters. The molecule has 0 spiro atoms. The molecule has 0 aromatic carbocycles. The van der Waals surface area contributed by atoms with Crippen LogP contribution in [0.25, 0.3) is 0 Å². The largest absolute Gasteiger partial charge is 0.322 e. The monoisotopic (exact) mass is 175 g/mol. The lowest BCUT2D eigenvalue weighted by Gasteiger charge is -1.80. The van der Waals surface area contributed by atoms with Crippen LogP contribution in [0.2, 0.25) is 0 Å². The minimum absolute atomic E-state index is 0. The van der Waals surface area contributed by atoms with Crippen molar-refractivity contribution in [3.05, 3.63) is 12.7 Å². The van der Waals surface area contributed by atoms with E-state index in [1.807, 2.05) is 19.9 Å². The summed E-state index contributed by atoms with van der Waals surface area (Å²) in [4.78, 5) is 9.38. The van der Waals surface area contributed by atoms with E-state index >= 15 is 0 Å². The number of carbonyl (C=O) groups is 1. The Morgan fingerprint density at radius 3 is 1.92 bits per heavy atom. The number of hydrogen-bond acceptors (Lipinski definition) is 2. The van der Waals surface area contributed by atoms with Crippen LogP contribution in [0.3, 0.4) is 0 Å². The maximum Gasteiger partial charge on any atom is 0.136 e. The number of allylic oxidation sites excluding steroid dienone is 1. The van der Waals surface area contributed by atoms with Crippen molar-refractivity contribution in [1.29, 1.82) is 0 Å². The van der Waals surface area contributed by atoms with E-state index in [-0.39, 0.29) is 7.47 Å². The summed E-state index contributed by atoms with van der Waals surface area (Å²) in [5.74, 6) is 0. The van der Waals surface area contributed by atoms with E-state index in [9.17, 15) is 4.79 Å². The van der Waals surface area contributed by atoms with Crippen LogP contribution in [0.4, 0.5) is 0 Å². The van der Waals surface area contributed by atoms with Crippen LogP contribution in [0.1, 0.15) is 42.0 Å². The quantitative estimate of drug-likeness (QED) is 0.529. The van der Waals surface area contributed by atoms with Gasteiger partial charge >= 0.3 is 0 Å². The van der Waals surface area contributed by atoms with Crippen LogP contribution in [0.15, 0.2) is 12.7 Å². The van der Waals surface area contributed by atoms with Crippen molar-refractivity contribution in [3.63, 3.8) is 0 Å². The van der Waals surface area contributed by atoms with Gasteiger partial charge in [-0.25, -0.2) is 0 Å². The number of carbonyl (C=O) groups excluding carboxylic acids is 1. The minimum Gasteiger partial charge on any atom is -0.322 e. The van der Waals surface area contributed by atoms with E-state index in [2.05, 4.69) is 13.5 Å². The Hall–Kier alpha value is -0.630. The first-order valence-electron chi connectivity index (χ1n) is 4.50. The summed E-state index contributed by atoms with van der Waals surface area (Å²) in [6.45, 7) is 11.3. The van der Waals surface area contributed by atoms with Crippen molar-refractivity contribution in [3.8, 4) is 0 Å². The zero-order valence-corrected chi connectivity index (χ0v) is 8.84. The number of hydrogen-bond donors (Lipinski definition) is 1. The fourth-order valence-electron chi connectivity index (χ4n) is 0.204. The van der Waals surface area contributed by atoms with Gasteiger partial charge < -0.3 is 10.5 Å². The molecule has 0 bridgehead atoms. The third-order valence-electron chi connectivity index (χ3n) is 0.707. The van der Waals surface area contributed by atoms with Crippen LogP contribution in [-0.4, -0.2) is 12.3 Å². The molecule has 0 aliphatic heterocycles. The highest BCUT2D eigenvalue weighted by Crippen LogP contribution is 1.82. The highest BCUT2D eigenvalue weighted by atomic mass is 16.1. The molecule has 0 aromatic heterocycles. The zero-order chi connectivity index (χ0) is 10.4. The van der Waals surface area contributed by atoms with Gasteiger partial charge in [-0.05, 0) is 13.3 Å². The summed E-state index contributed by atoms with van der Waals surface area (Å²) < 4.78 is 0. The van der Waals surface area contributed by atoms with Crippen molar-refractivity contribution in [2.75, 3.05) is 0 Å². The van der Waals surface area contributed by atoms with Crippen LogP contribution >= 0.6 is 0 Å². The lowest BCUT2D eigenvalue weighted by molar-refractivity contribution is -0.108. The van der Waals surface area contributed by atoms with Crippen molar-refractivity contribution in [2.24, 2.45) is 5.73 Å². The summed E-state index contributed by atoms with van der Waals surface area (Å²) in [6, 6.07) is -0.296. The predicted molar refractivity (Wildman–Crippen MR) is 58.3 cm³/mol. The lowest BCUT2D eigenvalue weighted by atomic mass is 10.3. The van der Waals surface area contributed by atoms with Gasteiger partial charge in [0, 0.05) is 1.43 Å². The molecule has 0 aliphatic carbocycles. The number of nitrogens with two attached hydrogens (primary N) is 1. The minimum atomic E-state index is -0.296. The Kier molecular flexibility index (Phi) is 32.6. The first-order chi connectivity index (χ1) is 5.68. The van der Waals surface area contributed by atoms with Crippen molar-refractivity contribution >= 4 is 6.29 Å². The fraction of sp³-hybridized carbons (Fsp3) is 0.700. The van der Waals surface area contributed by atoms with Gasteiger partial charge in [0.05, 0.1) is 6.04 Å². The molecule has 0 rings (SSSR count). The Morgan fingerprint density at radius 2 is 1.92 bits per heavy atom. The molecule has 0 unspecified atom stereocenters. The smallest absolute Gasteiger partial charge is 0.136 e. The van der Waals surface area contributed by atoms with Crippen LogP contribution < -0.4 is 5.73 Å². The lowest BCUT2D eigenvalue weighted by Crippen LogP contribution is -2.15. The molecule has 0 radical (unpaired) electrons. The highest BCUT2D eigenvalue weighted by molar-refractivity contribution is 5.55.